The molecule has 0 saturated heterocycles. The average Bonchev–Trinajstić information content (AvgIpc) is 2.60. The molecule has 0 nitrogen and oxygen atoms in total. The molecule has 4 saturated carbocycles. The lowest BCUT2D eigenvalue weighted by atomic mass is 9.87. The monoisotopic (exact) mass is 148 g/mol. The molecule has 0 amide bonds. The summed E-state index contributed by atoms with van der Waals surface area (Å²) in [4.78, 5) is 0. The molecule has 0 heteroatoms. The molecule has 11 heavy (non-hydrogen) atoms. The molecule has 0 aromatic heterocycles. The molecule has 0 radical (unpaired) electrons. The van der Waals surface area contributed by atoms with E-state index in [1.165, 1.54) is 23.7 Å². The Morgan fingerprint density at radius 2 is 1.82 bits per heavy atom. The van der Waals surface area contributed by atoms with Crippen LogP contribution in [0, 0.1) is 35.0 Å². The first-order chi connectivity index (χ1) is 5.37. The van der Waals surface area contributed by atoms with E-state index in [-0.39, 0.29) is 0 Å². The lowest BCUT2D eigenvalue weighted by molar-refractivity contribution is 0.316. The molecule has 4 aliphatic rings. The van der Waals surface area contributed by atoms with Gasteiger partial charge >= 0.3 is 0 Å². The predicted octanol–water partition coefficient (Wildman–Crippen LogP) is 2.69. The van der Waals surface area contributed by atoms with E-state index in [0.29, 0.717) is 0 Å². The normalized spacial score (nSPS) is 75.5. The summed E-state index contributed by atoms with van der Waals surface area (Å²) in [6, 6.07) is 0. The molecule has 0 aromatic rings. The first-order valence-corrected chi connectivity index (χ1v) is 5.37. The van der Waals surface area contributed by atoms with Crippen LogP contribution in [0.25, 0.3) is 0 Å². The minimum atomic E-state index is 1.01. The average molecular weight is 148 g/mol. The zero-order valence-electron chi connectivity index (χ0n) is 7.22. The van der Waals surface area contributed by atoms with E-state index in [4.69, 9.17) is 0 Å². The minimum Gasteiger partial charge on any atom is -0.0622 e. The van der Waals surface area contributed by atoms with Gasteiger partial charge in [-0.3, -0.25) is 0 Å². The van der Waals surface area contributed by atoms with Gasteiger partial charge in [0.15, 0.2) is 0 Å². The van der Waals surface area contributed by atoms with Gasteiger partial charge in [-0.05, 0) is 54.3 Å². The maximum Gasteiger partial charge on any atom is -0.0170 e. The summed E-state index contributed by atoms with van der Waals surface area (Å²) >= 11 is 0. The Labute approximate surface area is 68.4 Å². The lowest BCUT2D eigenvalue weighted by Gasteiger charge is -2.18. The Hall–Kier alpha value is 0. The van der Waals surface area contributed by atoms with Crippen molar-refractivity contribution in [1.82, 2.24) is 0 Å². The van der Waals surface area contributed by atoms with E-state index in [1.54, 1.807) is 25.7 Å². The van der Waals surface area contributed by atoms with Crippen LogP contribution in [0.5, 0.6) is 0 Å². The van der Waals surface area contributed by atoms with Crippen molar-refractivity contribution in [2.75, 3.05) is 0 Å². The summed E-state index contributed by atoms with van der Waals surface area (Å²) < 4.78 is 0. The van der Waals surface area contributed by atoms with Gasteiger partial charge in [-0.1, -0.05) is 13.3 Å². The standard InChI is InChI=1S/C11H16/c1-6-5-9-10(6)11(9)7-3-2-4-8(7)11/h6-10H,2-5H2,1H3. The molecule has 4 fully saturated rings. The van der Waals surface area contributed by atoms with Crippen LogP contribution in [-0.4, -0.2) is 0 Å². The van der Waals surface area contributed by atoms with E-state index >= 15 is 0 Å². The SMILES string of the molecule is CC1CC2C1C21C2CCCC21. The number of fused-ring (bicyclic) bond motifs is 6. The van der Waals surface area contributed by atoms with E-state index in [0.717, 1.165) is 11.3 Å². The number of hydrogen-bond acceptors (Lipinski definition) is 0. The lowest BCUT2D eigenvalue weighted by Crippen LogP contribution is -2.10. The molecule has 0 aliphatic heterocycles. The van der Waals surface area contributed by atoms with Crippen LogP contribution in [0.15, 0.2) is 0 Å². The van der Waals surface area contributed by atoms with E-state index in [9.17, 15) is 0 Å². The highest BCUT2D eigenvalue weighted by Gasteiger charge is 2.87. The van der Waals surface area contributed by atoms with Gasteiger partial charge in [0.25, 0.3) is 0 Å². The fourth-order valence-electron chi connectivity index (χ4n) is 5.22. The fourth-order valence-corrected chi connectivity index (χ4v) is 5.22. The third-order valence-electron chi connectivity index (χ3n) is 5.47. The van der Waals surface area contributed by atoms with Crippen LogP contribution in [-0.2, 0) is 0 Å². The summed E-state index contributed by atoms with van der Waals surface area (Å²) in [5, 5.41) is 0. The van der Waals surface area contributed by atoms with Crippen molar-refractivity contribution in [3.05, 3.63) is 0 Å². The molecule has 0 N–H and O–H groups in total. The van der Waals surface area contributed by atoms with Crippen molar-refractivity contribution in [2.24, 2.45) is 35.0 Å². The first kappa shape index (κ1) is 5.61. The second-order valence-electron chi connectivity index (χ2n) is 5.49. The molecule has 5 unspecified atom stereocenters. The second kappa shape index (κ2) is 1.30. The molecule has 60 valence electrons. The smallest absolute Gasteiger partial charge is 0.0170 e. The second-order valence-corrected chi connectivity index (χ2v) is 5.49. The van der Waals surface area contributed by atoms with Crippen molar-refractivity contribution in [2.45, 2.75) is 32.6 Å². The van der Waals surface area contributed by atoms with Crippen molar-refractivity contribution in [3.63, 3.8) is 0 Å². The Bertz CT molecular complexity index is 215. The van der Waals surface area contributed by atoms with Gasteiger partial charge in [0.2, 0.25) is 0 Å². The molecule has 0 heterocycles. The van der Waals surface area contributed by atoms with Gasteiger partial charge in [0.1, 0.15) is 0 Å². The zero-order valence-corrected chi connectivity index (χ0v) is 7.22. The van der Waals surface area contributed by atoms with Gasteiger partial charge in [0.05, 0.1) is 0 Å². The maximum absolute atomic E-state index is 2.48. The van der Waals surface area contributed by atoms with Crippen LogP contribution in [0.1, 0.15) is 32.6 Å². The summed E-state index contributed by atoms with van der Waals surface area (Å²) in [6.07, 6.45) is 6.36. The molecule has 0 bridgehead atoms. The van der Waals surface area contributed by atoms with Crippen LogP contribution in [0.2, 0.25) is 0 Å². The molecule has 4 aliphatic carbocycles. The molecule has 0 aromatic carbocycles. The maximum atomic E-state index is 2.48. The van der Waals surface area contributed by atoms with Crippen molar-refractivity contribution < 1.29 is 0 Å². The van der Waals surface area contributed by atoms with Crippen LogP contribution < -0.4 is 0 Å². The van der Waals surface area contributed by atoms with Crippen molar-refractivity contribution >= 4 is 0 Å². The third kappa shape index (κ3) is 0.363. The quantitative estimate of drug-likeness (QED) is 0.495. The molecular weight excluding hydrogens is 132 g/mol. The van der Waals surface area contributed by atoms with E-state index in [2.05, 4.69) is 6.92 Å². The Morgan fingerprint density at radius 1 is 1.09 bits per heavy atom. The van der Waals surface area contributed by atoms with Gasteiger partial charge in [-0.25, -0.2) is 0 Å². The third-order valence-corrected chi connectivity index (χ3v) is 5.47. The molecular formula is C11H16. The van der Waals surface area contributed by atoms with E-state index in [1.807, 2.05) is 0 Å². The number of rotatable bonds is 0. The first-order valence-electron chi connectivity index (χ1n) is 5.37. The molecule has 1 spiro atoms. The van der Waals surface area contributed by atoms with Gasteiger partial charge in [-0.2, -0.15) is 0 Å². The topological polar surface area (TPSA) is 0 Å². The predicted molar refractivity (Wildman–Crippen MR) is 44.0 cm³/mol. The largest absolute Gasteiger partial charge is 0.0622 e. The zero-order chi connectivity index (χ0) is 7.22. The van der Waals surface area contributed by atoms with Crippen molar-refractivity contribution in [1.29, 1.82) is 0 Å². The van der Waals surface area contributed by atoms with Gasteiger partial charge in [-0.15, -0.1) is 0 Å². The summed E-state index contributed by atoms with van der Waals surface area (Å²) in [7, 11) is 0. The molecule has 5 atom stereocenters. The highest BCUT2D eigenvalue weighted by Crippen LogP contribution is 2.92. The fraction of sp³-hybridized carbons (Fsp3) is 1.00. The van der Waals surface area contributed by atoms with Gasteiger partial charge in [0, 0.05) is 0 Å². The number of hydrogen-bond donors (Lipinski definition) is 0. The Kier molecular flexibility index (Phi) is 0.661. The summed E-state index contributed by atoms with van der Waals surface area (Å²) in [5.41, 5.74) is 1.01. The minimum absolute atomic E-state index is 1.01. The van der Waals surface area contributed by atoms with E-state index < -0.39 is 0 Å². The van der Waals surface area contributed by atoms with Crippen molar-refractivity contribution in [3.8, 4) is 0 Å². The highest BCUT2D eigenvalue weighted by molar-refractivity contribution is 5.35. The summed E-state index contributed by atoms with van der Waals surface area (Å²) in [5.74, 6) is 6.07. The van der Waals surface area contributed by atoms with Crippen LogP contribution in [0.4, 0.5) is 0 Å². The Balaban J connectivity index is 1.69. The van der Waals surface area contributed by atoms with Crippen LogP contribution in [0.3, 0.4) is 0 Å². The van der Waals surface area contributed by atoms with Crippen LogP contribution >= 0.6 is 0 Å². The summed E-state index contributed by atoms with van der Waals surface area (Å²) in [6.45, 7) is 2.48. The van der Waals surface area contributed by atoms with Gasteiger partial charge < -0.3 is 0 Å². The Morgan fingerprint density at radius 3 is 2.27 bits per heavy atom. The highest BCUT2D eigenvalue weighted by atomic mass is 14.9. The molecule has 4 rings (SSSR count).